The maximum atomic E-state index is 15.9. The predicted molar refractivity (Wildman–Crippen MR) is 116 cm³/mol. The van der Waals surface area contributed by atoms with Crippen LogP contribution in [0.1, 0.15) is 47.6 Å². The van der Waals surface area contributed by atoms with Crippen molar-refractivity contribution in [2.45, 2.75) is 44.7 Å². The molecular weight excluding hydrogens is 401 g/mol. The average molecular weight is 429 g/mol. The number of aryl methyl sites for hydroxylation is 1. The average Bonchev–Trinajstić information content (AvgIpc) is 3.62. The van der Waals surface area contributed by atoms with Gasteiger partial charge >= 0.3 is 5.97 Å². The molecule has 1 aromatic carbocycles. The molecule has 1 saturated heterocycles. The highest BCUT2D eigenvalue weighted by Gasteiger charge is 2.56. The molecule has 2 aromatic rings. The lowest BCUT2D eigenvalue weighted by molar-refractivity contribution is 0.0695. The van der Waals surface area contributed by atoms with Gasteiger partial charge in [-0.25, -0.2) is 9.18 Å². The van der Waals surface area contributed by atoms with Crippen LogP contribution in [0, 0.1) is 18.2 Å². The van der Waals surface area contributed by atoms with E-state index in [-0.39, 0.29) is 28.0 Å². The van der Waals surface area contributed by atoms with E-state index in [4.69, 9.17) is 4.74 Å². The minimum atomic E-state index is -1.30. The summed E-state index contributed by atoms with van der Waals surface area (Å²) in [5.74, 6) is -1.47. The maximum Gasteiger partial charge on any atom is 0.341 e. The normalized spacial score (nSPS) is 22.0. The number of benzene rings is 1. The summed E-state index contributed by atoms with van der Waals surface area (Å²) in [5.41, 5.74) is 0.264. The van der Waals surface area contributed by atoms with Crippen LogP contribution in [0.4, 0.5) is 10.1 Å². The number of carboxylic acid groups (broad SMARTS) is 1. The zero-order valence-electron chi connectivity index (χ0n) is 18.4. The Hall–Kier alpha value is -2.61. The second-order valence-electron chi connectivity index (χ2n) is 9.58. The highest BCUT2D eigenvalue weighted by Crippen LogP contribution is 2.56. The number of pyridine rings is 1. The number of halogens is 1. The molecule has 2 saturated carbocycles. The fraction of sp³-hybridized carbons (Fsp3) is 0.565. The number of likely N-dealkylation sites (N-methyl/N-ethyl adjacent to an activating group) is 1. The van der Waals surface area contributed by atoms with Crippen molar-refractivity contribution in [3.05, 3.63) is 33.4 Å². The Balaban J connectivity index is 1.79. The van der Waals surface area contributed by atoms with Gasteiger partial charge in [-0.2, -0.15) is 0 Å². The number of fused-ring (bicyclic) bond motifs is 1. The Morgan fingerprint density at radius 3 is 2.48 bits per heavy atom. The molecule has 3 aliphatic rings. The molecule has 1 aliphatic heterocycles. The molecular formula is C23H28FN3O4. The summed E-state index contributed by atoms with van der Waals surface area (Å²) in [6.45, 7) is 3.00. The van der Waals surface area contributed by atoms with Crippen LogP contribution in [-0.4, -0.2) is 60.9 Å². The molecule has 1 N–H and O–H groups in total. The first kappa shape index (κ1) is 20.3. The SMILES string of the molecule is COc1c(N2CC(N(C)C)C3(CC3)C2)c(F)c(C)c2c(=O)c(C(=O)O)cn(C3CC3)c12. The van der Waals surface area contributed by atoms with Gasteiger partial charge in [0, 0.05) is 42.3 Å². The van der Waals surface area contributed by atoms with Crippen molar-refractivity contribution in [1.82, 2.24) is 9.47 Å². The van der Waals surface area contributed by atoms with Gasteiger partial charge in [-0.15, -0.1) is 0 Å². The summed E-state index contributed by atoms with van der Waals surface area (Å²) in [4.78, 5) is 29.0. The van der Waals surface area contributed by atoms with E-state index in [1.807, 2.05) is 4.57 Å². The van der Waals surface area contributed by atoms with Crippen molar-refractivity contribution in [3.8, 4) is 5.75 Å². The Morgan fingerprint density at radius 2 is 2.00 bits per heavy atom. The maximum absolute atomic E-state index is 15.9. The lowest BCUT2D eigenvalue weighted by atomic mass is 10.0. The lowest BCUT2D eigenvalue weighted by Crippen LogP contribution is -2.36. The van der Waals surface area contributed by atoms with Crippen LogP contribution in [0.2, 0.25) is 0 Å². The molecule has 3 fully saturated rings. The van der Waals surface area contributed by atoms with Gasteiger partial charge in [-0.3, -0.25) is 4.79 Å². The van der Waals surface area contributed by atoms with Gasteiger partial charge in [0.15, 0.2) is 11.6 Å². The van der Waals surface area contributed by atoms with E-state index in [1.54, 1.807) is 6.92 Å². The van der Waals surface area contributed by atoms with Crippen molar-refractivity contribution in [2.24, 2.45) is 5.41 Å². The van der Waals surface area contributed by atoms with Crippen LogP contribution in [0.3, 0.4) is 0 Å². The Labute approximate surface area is 180 Å². The van der Waals surface area contributed by atoms with E-state index in [1.165, 1.54) is 13.3 Å². The van der Waals surface area contributed by atoms with Gasteiger partial charge in [-0.1, -0.05) is 0 Å². The number of carbonyl (C=O) groups is 1. The van der Waals surface area contributed by atoms with Crippen molar-refractivity contribution >= 4 is 22.6 Å². The van der Waals surface area contributed by atoms with Crippen LogP contribution in [0.15, 0.2) is 11.0 Å². The zero-order chi connectivity index (χ0) is 22.2. The van der Waals surface area contributed by atoms with Gasteiger partial charge in [0.05, 0.1) is 18.0 Å². The largest absolute Gasteiger partial charge is 0.492 e. The Kier molecular flexibility index (Phi) is 4.38. The third-order valence-corrected chi connectivity index (χ3v) is 7.39. The summed E-state index contributed by atoms with van der Waals surface area (Å²) in [6, 6.07) is 0.420. The first-order valence-corrected chi connectivity index (χ1v) is 10.8. The van der Waals surface area contributed by atoms with Crippen LogP contribution in [-0.2, 0) is 0 Å². The molecule has 8 heteroatoms. The number of aromatic nitrogens is 1. The van der Waals surface area contributed by atoms with E-state index >= 15 is 4.39 Å². The molecule has 1 atom stereocenters. The second-order valence-corrected chi connectivity index (χ2v) is 9.58. The molecule has 1 unspecified atom stereocenters. The molecule has 0 radical (unpaired) electrons. The predicted octanol–water partition coefficient (Wildman–Crippen LogP) is 3.02. The Bertz CT molecular complexity index is 1160. The summed E-state index contributed by atoms with van der Waals surface area (Å²) >= 11 is 0. The number of hydrogen-bond donors (Lipinski definition) is 1. The standard InChI is InChI=1S/C23H28FN3O4/c1-12-16-18(27(13-5-6-13)9-14(20(16)28)22(29)30)21(31-4)19(17(12)24)26-10-15(25(2)3)23(11-26)7-8-23/h9,13,15H,5-8,10-11H2,1-4H3,(H,29,30). The molecule has 2 aliphatic carbocycles. The molecule has 0 bridgehead atoms. The minimum absolute atomic E-state index is 0.0932. The summed E-state index contributed by atoms with van der Waals surface area (Å²) in [7, 11) is 5.61. The second kappa shape index (κ2) is 6.69. The summed E-state index contributed by atoms with van der Waals surface area (Å²) in [5, 5.41) is 9.67. The monoisotopic (exact) mass is 429 g/mol. The van der Waals surface area contributed by atoms with Crippen LogP contribution >= 0.6 is 0 Å². The Morgan fingerprint density at radius 1 is 1.32 bits per heavy atom. The zero-order valence-corrected chi connectivity index (χ0v) is 18.4. The van der Waals surface area contributed by atoms with Crippen LogP contribution in [0.5, 0.6) is 5.75 Å². The summed E-state index contributed by atoms with van der Waals surface area (Å²) in [6.07, 6.45) is 5.43. The van der Waals surface area contributed by atoms with Crippen molar-refractivity contribution in [1.29, 1.82) is 0 Å². The summed E-state index contributed by atoms with van der Waals surface area (Å²) < 4.78 is 23.4. The number of carboxylic acids is 1. The molecule has 7 nitrogen and oxygen atoms in total. The van der Waals surface area contributed by atoms with Gasteiger partial charge in [-0.05, 0) is 46.7 Å². The quantitative estimate of drug-likeness (QED) is 0.788. The number of ether oxygens (including phenoxy) is 1. The third-order valence-electron chi connectivity index (χ3n) is 7.39. The van der Waals surface area contributed by atoms with E-state index in [0.717, 1.165) is 32.2 Å². The van der Waals surface area contributed by atoms with Gasteiger partial charge in [0.25, 0.3) is 0 Å². The number of methoxy groups -OCH3 is 1. The van der Waals surface area contributed by atoms with Crippen molar-refractivity contribution < 1.29 is 19.0 Å². The number of aromatic carboxylic acids is 1. The van der Waals surface area contributed by atoms with E-state index in [9.17, 15) is 14.7 Å². The minimum Gasteiger partial charge on any atom is -0.492 e. The van der Waals surface area contributed by atoms with Crippen LogP contribution < -0.4 is 15.1 Å². The van der Waals surface area contributed by atoms with Crippen molar-refractivity contribution in [2.75, 3.05) is 39.2 Å². The number of anilines is 1. The van der Waals surface area contributed by atoms with E-state index < -0.39 is 17.2 Å². The topological polar surface area (TPSA) is 75.0 Å². The fourth-order valence-corrected chi connectivity index (χ4v) is 5.47. The molecule has 5 rings (SSSR count). The number of hydrogen-bond acceptors (Lipinski definition) is 5. The number of nitrogens with zero attached hydrogens (tertiary/aromatic N) is 3. The molecule has 166 valence electrons. The highest BCUT2D eigenvalue weighted by molar-refractivity contribution is 5.99. The third kappa shape index (κ3) is 2.87. The van der Waals surface area contributed by atoms with Crippen LogP contribution in [0.25, 0.3) is 10.9 Å². The molecule has 2 heterocycles. The first-order valence-electron chi connectivity index (χ1n) is 10.8. The van der Waals surface area contributed by atoms with E-state index in [0.29, 0.717) is 29.5 Å². The van der Waals surface area contributed by atoms with Crippen molar-refractivity contribution in [3.63, 3.8) is 0 Å². The highest BCUT2D eigenvalue weighted by atomic mass is 19.1. The fourth-order valence-electron chi connectivity index (χ4n) is 5.47. The smallest absolute Gasteiger partial charge is 0.341 e. The molecule has 31 heavy (non-hydrogen) atoms. The van der Waals surface area contributed by atoms with E-state index in [2.05, 4.69) is 23.9 Å². The van der Waals surface area contributed by atoms with Gasteiger partial charge in [0.1, 0.15) is 11.3 Å². The lowest BCUT2D eigenvalue weighted by Gasteiger charge is -2.27. The molecule has 1 spiro atoms. The molecule has 0 amide bonds. The van der Waals surface area contributed by atoms with Gasteiger partial charge < -0.3 is 24.2 Å². The number of rotatable bonds is 5. The molecule has 1 aromatic heterocycles. The first-order chi connectivity index (χ1) is 14.7. The van der Waals surface area contributed by atoms with Gasteiger partial charge in [0.2, 0.25) is 5.43 Å².